The molecular formula is C14H23NO3. The van der Waals surface area contributed by atoms with Gasteiger partial charge in [0.15, 0.2) is 0 Å². The highest BCUT2D eigenvalue weighted by atomic mass is 16.4. The third-order valence-corrected chi connectivity index (χ3v) is 4.59. The summed E-state index contributed by atoms with van der Waals surface area (Å²) in [4.78, 5) is 23.0. The predicted octanol–water partition coefficient (Wildman–Crippen LogP) is 2.18. The van der Waals surface area contributed by atoms with Gasteiger partial charge in [0.05, 0.1) is 5.92 Å². The van der Waals surface area contributed by atoms with Crippen LogP contribution in [0.3, 0.4) is 0 Å². The smallest absolute Gasteiger partial charge is 0.306 e. The van der Waals surface area contributed by atoms with Crippen LogP contribution in [0.4, 0.5) is 0 Å². The molecule has 0 heterocycles. The topological polar surface area (TPSA) is 66.4 Å². The Morgan fingerprint density at radius 2 is 1.72 bits per heavy atom. The first-order valence-electron chi connectivity index (χ1n) is 7.11. The highest BCUT2D eigenvalue weighted by molar-refractivity contribution is 5.81. The molecule has 0 spiro atoms. The van der Waals surface area contributed by atoms with E-state index in [1.807, 2.05) is 0 Å². The van der Waals surface area contributed by atoms with Crippen LogP contribution in [0.15, 0.2) is 0 Å². The van der Waals surface area contributed by atoms with Crippen molar-refractivity contribution < 1.29 is 14.7 Å². The van der Waals surface area contributed by atoms with E-state index in [0.717, 1.165) is 12.8 Å². The SMILES string of the molecule is CC1CCCCC1NC(=O)C1CCC(C(=O)O)C1. The predicted molar refractivity (Wildman–Crippen MR) is 68.0 cm³/mol. The summed E-state index contributed by atoms with van der Waals surface area (Å²) >= 11 is 0. The quantitative estimate of drug-likeness (QED) is 0.810. The van der Waals surface area contributed by atoms with Gasteiger partial charge in [-0.25, -0.2) is 0 Å². The summed E-state index contributed by atoms with van der Waals surface area (Å²) in [5.41, 5.74) is 0. The maximum absolute atomic E-state index is 12.1. The van der Waals surface area contributed by atoms with E-state index in [1.165, 1.54) is 19.3 Å². The van der Waals surface area contributed by atoms with Gasteiger partial charge >= 0.3 is 5.97 Å². The van der Waals surface area contributed by atoms with Gasteiger partial charge in [-0.3, -0.25) is 9.59 Å². The van der Waals surface area contributed by atoms with Crippen molar-refractivity contribution in [3.63, 3.8) is 0 Å². The lowest BCUT2D eigenvalue weighted by atomic mass is 9.85. The number of aliphatic carboxylic acids is 1. The van der Waals surface area contributed by atoms with Crippen LogP contribution in [-0.4, -0.2) is 23.0 Å². The van der Waals surface area contributed by atoms with E-state index in [0.29, 0.717) is 24.8 Å². The molecule has 4 nitrogen and oxygen atoms in total. The van der Waals surface area contributed by atoms with Crippen LogP contribution < -0.4 is 5.32 Å². The molecule has 2 rings (SSSR count). The first kappa shape index (κ1) is 13.4. The molecular weight excluding hydrogens is 230 g/mol. The largest absolute Gasteiger partial charge is 0.481 e. The lowest BCUT2D eigenvalue weighted by molar-refractivity contribution is -0.141. The molecule has 0 saturated heterocycles. The molecule has 1 amide bonds. The lowest BCUT2D eigenvalue weighted by Gasteiger charge is -2.30. The molecule has 0 aromatic heterocycles. The van der Waals surface area contributed by atoms with Crippen molar-refractivity contribution in [2.24, 2.45) is 17.8 Å². The molecule has 0 aromatic rings. The number of carbonyl (C=O) groups excluding carboxylic acids is 1. The van der Waals surface area contributed by atoms with Crippen molar-refractivity contribution in [3.05, 3.63) is 0 Å². The Bertz CT molecular complexity index is 329. The van der Waals surface area contributed by atoms with E-state index < -0.39 is 5.97 Å². The first-order chi connectivity index (χ1) is 8.58. The number of carbonyl (C=O) groups is 2. The number of carboxylic acids is 1. The Morgan fingerprint density at radius 1 is 1.06 bits per heavy atom. The summed E-state index contributed by atoms with van der Waals surface area (Å²) in [5.74, 6) is -0.516. The van der Waals surface area contributed by atoms with E-state index >= 15 is 0 Å². The highest BCUT2D eigenvalue weighted by Gasteiger charge is 2.35. The summed E-state index contributed by atoms with van der Waals surface area (Å²) in [5, 5.41) is 12.1. The Kier molecular flexibility index (Phi) is 4.25. The second kappa shape index (κ2) is 5.72. The lowest BCUT2D eigenvalue weighted by Crippen LogP contribution is -2.43. The number of nitrogens with one attached hydrogen (secondary N) is 1. The number of amides is 1. The van der Waals surface area contributed by atoms with Gasteiger partial charge in [-0.2, -0.15) is 0 Å². The molecule has 0 radical (unpaired) electrons. The number of carboxylic acid groups (broad SMARTS) is 1. The molecule has 0 bridgehead atoms. The third-order valence-electron chi connectivity index (χ3n) is 4.59. The fourth-order valence-corrected chi connectivity index (χ4v) is 3.28. The molecule has 4 unspecified atom stereocenters. The van der Waals surface area contributed by atoms with Crippen LogP contribution in [0.1, 0.15) is 51.9 Å². The molecule has 18 heavy (non-hydrogen) atoms. The average Bonchev–Trinajstić information content (AvgIpc) is 2.81. The second-order valence-electron chi connectivity index (χ2n) is 5.92. The molecule has 102 valence electrons. The summed E-state index contributed by atoms with van der Waals surface area (Å²) < 4.78 is 0. The van der Waals surface area contributed by atoms with Crippen molar-refractivity contribution in [1.82, 2.24) is 5.32 Å². The maximum Gasteiger partial charge on any atom is 0.306 e. The van der Waals surface area contributed by atoms with E-state index in [9.17, 15) is 9.59 Å². The monoisotopic (exact) mass is 253 g/mol. The summed E-state index contributed by atoms with van der Waals surface area (Å²) in [6.07, 6.45) is 6.60. The number of hydrogen-bond acceptors (Lipinski definition) is 2. The third kappa shape index (κ3) is 3.03. The zero-order chi connectivity index (χ0) is 13.1. The van der Waals surface area contributed by atoms with Crippen LogP contribution in [0.2, 0.25) is 0 Å². The van der Waals surface area contributed by atoms with E-state index in [-0.39, 0.29) is 17.7 Å². The highest BCUT2D eigenvalue weighted by Crippen LogP contribution is 2.32. The van der Waals surface area contributed by atoms with Crippen molar-refractivity contribution in [2.45, 2.75) is 57.9 Å². The molecule has 2 aliphatic carbocycles. The van der Waals surface area contributed by atoms with Crippen molar-refractivity contribution in [1.29, 1.82) is 0 Å². The number of rotatable bonds is 3. The minimum Gasteiger partial charge on any atom is -0.481 e. The van der Waals surface area contributed by atoms with Gasteiger partial charge in [0, 0.05) is 12.0 Å². The van der Waals surface area contributed by atoms with E-state index in [4.69, 9.17) is 5.11 Å². The van der Waals surface area contributed by atoms with Crippen molar-refractivity contribution in [3.8, 4) is 0 Å². The van der Waals surface area contributed by atoms with Crippen LogP contribution in [0.25, 0.3) is 0 Å². The van der Waals surface area contributed by atoms with Gasteiger partial charge in [0.2, 0.25) is 5.91 Å². The molecule has 2 saturated carbocycles. The summed E-state index contributed by atoms with van der Waals surface area (Å²) in [6.45, 7) is 2.19. The van der Waals surface area contributed by atoms with E-state index in [1.54, 1.807) is 0 Å². The maximum atomic E-state index is 12.1. The van der Waals surface area contributed by atoms with E-state index in [2.05, 4.69) is 12.2 Å². The minimum atomic E-state index is -0.753. The number of hydrogen-bond donors (Lipinski definition) is 2. The minimum absolute atomic E-state index is 0.0810. The molecule has 4 atom stereocenters. The van der Waals surface area contributed by atoms with Crippen molar-refractivity contribution >= 4 is 11.9 Å². The van der Waals surface area contributed by atoms with Gasteiger partial charge in [0.1, 0.15) is 0 Å². The molecule has 2 fully saturated rings. The van der Waals surface area contributed by atoms with Gasteiger partial charge < -0.3 is 10.4 Å². The Labute approximate surface area is 108 Å². The normalized spacial score (nSPS) is 36.3. The molecule has 4 heteroatoms. The fraction of sp³-hybridized carbons (Fsp3) is 0.857. The molecule has 0 aliphatic heterocycles. The Hall–Kier alpha value is -1.06. The second-order valence-corrected chi connectivity index (χ2v) is 5.92. The standard InChI is InChI=1S/C14H23NO3/c1-9-4-2-3-5-12(9)15-13(16)10-6-7-11(8-10)14(17)18/h9-12H,2-8H2,1H3,(H,15,16)(H,17,18). The Balaban J connectivity index is 1.83. The molecule has 2 N–H and O–H groups in total. The molecule has 0 aromatic carbocycles. The summed E-state index contributed by atoms with van der Waals surface area (Å²) in [6, 6.07) is 0.301. The van der Waals surface area contributed by atoms with Crippen LogP contribution in [-0.2, 0) is 9.59 Å². The zero-order valence-corrected chi connectivity index (χ0v) is 11.0. The zero-order valence-electron chi connectivity index (χ0n) is 11.0. The fourth-order valence-electron chi connectivity index (χ4n) is 3.28. The average molecular weight is 253 g/mol. The summed E-state index contributed by atoms with van der Waals surface area (Å²) in [7, 11) is 0. The first-order valence-corrected chi connectivity index (χ1v) is 7.11. The van der Waals surface area contributed by atoms with Gasteiger partial charge in [-0.15, -0.1) is 0 Å². The van der Waals surface area contributed by atoms with Gasteiger partial charge in [-0.05, 0) is 38.0 Å². The molecule has 2 aliphatic rings. The van der Waals surface area contributed by atoms with Gasteiger partial charge in [-0.1, -0.05) is 19.8 Å². The van der Waals surface area contributed by atoms with Crippen LogP contribution >= 0.6 is 0 Å². The van der Waals surface area contributed by atoms with Crippen molar-refractivity contribution in [2.75, 3.05) is 0 Å². The van der Waals surface area contributed by atoms with Crippen LogP contribution in [0.5, 0.6) is 0 Å². The van der Waals surface area contributed by atoms with Crippen LogP contribution in [0, 0.1) is 17.8 Å². The Morgan fingerprint density at radius 3 is 2.33 bits per heavy atom. The van der Waals surface area contributed by atoms with Gasteiger partial charge in [0.25, 0.3) is 0 Å².